The maximum absolute atomic E-state index is 12.5. The molecule has 8 heteroatoms. The van der Waals surface area contributed by atoms with Crippen LogP contribution >= 0.6 is 0 Å². The zero-order valence-corrected chi connectivity index (χ0v) is 17.6. The molecule has 0 radical (unpaired) electrons. The minimum absolute atomic E-state index is 0.0704. The number of nitrogens with one attached hydrogen (secondary N) is 1. The van der Waals surface area contributed by atoms with E-state index in [9.17, 15) is 14.4 Å². The number of para-hydroxylation sites is 2. The van der Waals surface area contributed by atoms with Crippen LogP contribution in [0.5, 0.6) is 11.5 Å². The molecule has 0 saturated carbocycles. The van der Waals surface area contributed by atoms with Crippen molar-refractivity contribution >= 4 is 17.7 Å². The Morgan fingerprint density at radius 1 is 0.806 bits per heavy atom. The van der Waals surface area contributed by atoms with E-state index >= 15 is 0 Å². The first-order chi connectivity index (χ1) is 15.1. The minimum atomic E-state index is -0.285. The molecule has 1 saturated heterocycles. The molecule has 0 spiro atoms. The largest absolute Gasteiger partial charge is 0.490 e. The van der Waals surface area contributed by atoms with Gasteiger partial charge in [-0.05, 0) is 31.2 Å². The number of nitrogens with zero attached hydrogens (tertiary/aromatic N) is 2. The summed E-state index contributed by atoms with van der Waals surface area (Å²) in [6.07, 6.45) is 0. The monoisotopic (exact) mass is 425 g/mol. The molecule has 0 atom stereocenters. The van der Waals surface area contributed by atoms with E-state index in [1.807, 2.05) is 25.1 Å². The van der Waals surface area contributed by atoms with Crippen molar-refractivity contribution in [2.75, 3.05) is 45.9 Å². The molecule has 164 valence electrons. The van der Waals surface area contributed by atoms with Crippen molar-refractivity contribution in [3.8, 4) is 11.5 Å². The van der Waals surface area contributed by atoms with Gasteiger partial charge in [0.2, 0.25) is 5.91 Å². The number of carbonyl (C=O) groups is 3. The van der Waals surface area contributed by atoms with E-state index in [0.717, 1.165) is 0 Å². The van der Waals surface area contributed by atoms with Gasteiger partial charge in [0, 0.05) is 31.7 Å². The van der Waals surface area contributed by atoms with Gasteiger partial charge < -0.3 is 24.6 Å². The van der Waals surface area contributed by atoms with E-state index < -0.39 is 0 Å². The standard InChI is InChI=1S/C23H27N3O5/c1-2-30-19-10-6-7-11-20(19)31-17-22(28)26-14-12-25(13-15-26)21(27)16-24-23(29)18-8-4-3-5-9-18/h3-11H,2,12-17H2,1H3,(H,24,29). The van der Waals surface area contributed by atoms with Gasteiger partial charge in [0.25, 0.3) is 11.8 Å². The van der Waals surface area contributed by atoms with E-state index in [1.165, 1.54) is 0 Å². The molecular weight excluding hydrogens is 398 g/mol. The van der Waals surface area contributed by atoms with Crippen LogP contribution in [0.3, 0.4) is 0 Å². The SMILES string of the molecule is CCOc1ccccc1OCC(=O)N1CCN(C(=O)CNC(=O)c2ccccc2)CC1. The Labute approximate surface area is 181 Å². The number of carbonyl (C=O) groups excluding carboxylic acids is 3. The molecule has 1 aliphatic heterocycles. The second kappa shape index (κ2) is 11.0. The van der Waals surface area contributed by atoms with Crippen molar-refractivity contribution in [1.82, 2.24) is 15.1 Å². The molecule has 1 aliphatic rings. The number of hydrogen-bond donors (Lipinski definition) is 1. The lowest BCUT2D eigenvalue weighted by Crippen LogP contribution is -2.53. The predicted molar refractivity (Wildman–Crippen MR) is 115 cm³/mol. The van der Waals surface area contributed by atoms with Crippen molar-refractivity contribution in [3.05, 3.63) is 60.2 Å². The van der Waals surface area contributed by atoms with E-state index in [4.69, 9.17) is 9.47 Å². The number of piperazine rings is 1. The quantitative estimate of drug-likeness (QED) is 0.694. The first kappa shape index (κ1) is 22.1. The Bertz CT molecular complexity index is 895. The van der Waals surface area contributed by atoms with Crippen LogP contribution in [-0.4, -0.2) is 73.5 Å². The molecule has 8 nitrogen and oxygen atoms in total. The van der Waals surface area contributed by atoms with Crippen LogP contribution in [0.15, 0.2) is 54.6 Å². The smallest absolute Gasteiger partial charge is 0.260 e. The van der Waals surface area contributed by atoms with Crippen LogP contribution in [-0.2, 0) is 9.59 Å². The van der Waals surface area contributed by atoms with Crippen LogP contribution in [0.4, 0.5) is 0 Å². The summed E-state index contributed by atoms with van der Waals surface area (Å²) < 4.78 is 11.1. The molecule has 2 aromatic carbocycles. The normalized spacial score (nSPS) is 13.5. The fourth-order valence-electron chi connectivity index (χ4n) is 3.24. The predicted octanol–water partition coefficient (Wildman–Crippen LogP) is 1.56. The molecule has 1 heterocycles. The van der Waals surface area contributed by atoms with Crippen molar-refractivity contribution < 1.29 is 23.9 Å². The molecule has 2 aromatic rings. The van der Waals surface area contributed by atoms with E-state index in [0.29, 0.717) is 49.8 Å². The van der Waals surface area contributed by atoms with Crippen molar-refractivity contribution in [2.45, 2.75) is 6.92 Å². The number of benzene rings is 2. The van der Waals surface area contributed by atoms with Gasteiger partial charge >= 0.3 is 0 Å². The highest BCUT2D eigenvalue weighted by Gasteiger charge is 2.24. The fraction of sp³-hybridized carbons (Fsp3) is 0.348. The lowest BCUT2D eigenvalue weighted by atomic mass is 10.2. The highest BCUT2D eigenvalue weighted by Crippen LogP contribution is 2.26. The molecule has 31 heavy (non-hydrogen) atoms. The van der Waals surface area contributed by atoms with Gasteiger partial charge in [0.15, 0.2) is 18.1 Å². The van der Waals surface area contributed by atoms with Crippen molar-refractivity contribution in [3.63, 3.8) is 0 Å². The average Bonchev–Trinajstić information content (AvgIpc) is 2.82. The molecule has 0 unspecified atom stereocenters. The molecular formula is C23H27N3O5. The lowest BCUT2D eigenvalue weighted by molar-refractivity contribution is -0.140. The molecule has 1 N–H and O–H groups in total. The Kier molecular flexibility index (Phi) is 7.86. The average molecular weight is 425 g/mol. The van der Waals surface area contributed by atoms with Crippen LogP contribution in [0, 0.1) is 0 Å². The molecule has 3 rings (SSSR count). The second-order valence-electron chi connectivity index (χ2n) is 6.98. The molecule has 0 bridgehead atoms. The van der Waals surface area contributed by atoms with Gasteiger partial charge in [-0.15, -0.1) is 0 Å². The summed E-state index contributed by atoms with van der Waals surface area (Å²) >= 11 is 0. The molecule has 3 amide bonds. The van der Waals surface area contributed by atoms with Gasteiger partial charge in [-0.2, -0.15) is 0 Å². The highest BCUT2D eigenvalue weighted by atomic mass is 16.5. The Morgan fingerprint density at radius 3 is 1.97 bits per heavy atom. The zero-order valence-electron chi connectivity index (χ0n) is 17.6. The number of rotatable bonds is 8. The van der Waals surface area contributed by atoms with Crippen LogP contribution < -0.4 is 14.8 Å². The van der Waals surface area contributed by atoms with Gasteiger partial charge in [0.1, 0.15) is 0 Å². The third-order valence-electron chi connectivity index (χ3n) is 4.92. The van der Waals surface area contributed by atoms with E-state index in [1.54, 1.807) is 46.2 Å². The number of hydrogen-bond acceptors (Lipinski definition) is 5. The minimum Gasteiger partial charge on any atom is -0.490 e. The summed E-state index contributed by atoms with van der Waals surface area (Å²) in [5.41, 5.74) is 0.511. The Balaban J connectivity index is 1.41. The molecule has 1 fully saturated rings. The number of ether oxygens (including phenoxy) is 2. The van der Waals surface area contributed by atoms with Crippen LogP contribution in [0.1, 0.15) is 17.3 Å². The summed E-state index contributed by atoms with van der Waals surface area (Å²) in [6.45, 7) is 3.92. The number of amides is 3. The molecule has 0 aliphatic carbocycles. The fourth-order valence-corrected chi connectivity index (χ4v) is 3.24. The maximum Gasteiger partial charge on any atom is 0.260 e. The van der Waals surface area contributed by atoms with Gasteiger partial charge in [-0.25, -0.2) is 0 Å². The topological polar surface area (TPSA) is 88.2 Å². The Morgan fingerprint density at radius 2 is 1.35 bits per heavy atom. The van der Waals surface area contributed by atoms with Gasteiger partial charge in [-0.3, -0.25) is 14.4 Å². The summed E-state index contributed by atoms with van der Waals surface area (Å²) in [5, 5.41) is 2.64. The van der Waals surface area contributed by atoms with Crippen LogP contribution in [0.2, 0.25) is 0 Å². The van der Waals surface area contributed by atoms with Gasteiger partial charge in [-0.1, -0.05) is 30.3 Å². The van der Waals surface area contributed by atoms with Crippen LogP contribution in [0.25, 0.3) is 0 Å². The molecule has 0 aromatic heterocycles. The highest BCUT2D eigenvalue weighted by molar-refractivity contribution is 5.96. The summed E-state index contributed by atoms with van der Waals surface area (Å²) in [7, 11) is 0. The van der Waals surface area contributed by atoms with E-state index in [-0.39, 0.29) is 30.9 Å². The van der Waals surface area contributed by atoms with Gasteiger partial charge in [0.05, 0.1) is 13.2 Å². The summed E-state index contributed by atoms with van der Waals surface area (Å²) in [6, 6.07) is 16.0. The summed E-state index contributed by atoms with van der Waals surface area (Å²) in [5.74, 6) is 0.535. The first-order valence-electron chi connectivity index (χ1n) is 10.3. The lowest BCUT2D eigenvalue weighted by Gasteiger charge is -2.34. The van der Waals surface area contributed by atoms with Crippen molar-refractivity contribution in [1.29, 1.82) is 0 Å². The third kappa shape index (κ3) is 6.21. The second-order valence-corrected chi connectivity index (χ2v) is 6.98. The Hall–Kier alpha value is -3.55. The third-order valence-corrected chi connectivity index (χ3v) is 4.92. The van der Waals surface area contributed by atoms with Crippen molar-refractivity contribution in [2.24, 2.45) is 0 Å². The first-order valence-corrected chi connectivity index (χ1v) is 10.3. The van der Waals surface area contributed by atoms with E-state index in [2.05, 4.69) is 5.32 Å². The maximum atomic E-state index is 12.5. The zero-order chi connectivity index (χ0) is 22.1. The summed E-state index contributed by atoms with van der Waals surface area (Å²) in [4.78, 5) is 40.3.